The largest absolute Gasteiger partial charge is 0.368 e. The molecule has 142 valence electrons. The Hall–Kier alpha value is -3.51. The SMILES string of the molecule is Cc1ccc(S(=O)(=O)Nc2ccc(F)c(C#Cc3cnc(N)nc3)c2F)cc1. The van der Waals surface area contributed by atoms with Gasteiger partial charge < -0.3 is 5.73 Å². The number of nitrogens with two attached hydrogens (primary N) is 1. The standard InChI is InChI=1S/C19H14F2N4O2S/c1-12-2-5-14(6-3-12)28(26,27)25-17-9-8-16(20)15(18(17)21)7-4-13-10-23-19(22)24-11-13/h2-3,5-6,8-11,25H,1H3,(H2,22,23,24). The van der Waals surface area contributed by atoms with Crippen LogP contribution in [0, 0.1) is 30.4 Å². The topological polar surface area (TPSA) is 98.0 Å². The molecule has 1 heterocycles. The minimum absolute atomic E-state index is 0.0374. The fraction of sp³-hybridized carbons (Fsp3) is 0.0526. The van der Waals surface area contributed by atoms with Crippen molar-refractivity contribution >= 4 is 21.7 Å². The molecule has 0 amide bonds. The molecule has 6 nitrogen and oxygen atoms in total. The summed E-state index contributed by atoms with van der Waals surface area (Å²) in [7, 11) is -4.05. The maximum absolute atomic E-state index is 14.7. The van der Waals surface area contributed by atoms with Gasteiger partial charge in [0.1, 0.15) is 5.82 Å². The molecule has 0 radical (unpaired) electrons. The number of nitrogen functional groups attached to an aromatic ring is 1. The Kier molecular flexibility index (Phi) is 5.24. The summed E-state index contributed by atoms with van der Waals surface area (Å²) >= 11 is 0. The third-order valence-corrected chi connectivity index (χ3v) is 5.05. The summed E-state index contributed by atoms with van der Waals surface area (Å²) < 4.78 is 55.7. The number of hydrogen-bond acceptors (Lipinski definition) is 5. The molecular weight excluding hydrogens is 386 g/mol. The molecule has 3 N–H and O–H groups in total. The number of benzene rings is 2. The molecule has 0 saturated heterocycles. The van der Waals surface area contributed by atoms with Gasteiger partial charge >= 0.3 is 0 Å². The second-order valence-electron chi connectivity index (χ2n) is 5.78. The van der Waals surface area contributed by atoms with Crippen molar-refractivity contribution in [2.45, 2.75) is 11.8 Å². The van der Waals surface area contributed by atoms with Crippen molar-refractivity contribution in [1.82, 2.24) is 9.97 Å². The number of sulfonamides is 1. The van der Waals surface area contributed by atoms with E-state index in [0.29, 0.717) is 5.56 Å². The Labute approximate surface area is 160 Å². The monoisotopic (exact) mass is 400 g/mol. The van der Waals surface area contributed by atoms with Crippen molar-refractivity contribution in [3.8, 4) is 11.8 Å². The Morgan fingerprint density at radius 2 is 1.64 bits per heavy atom. The van der Waals surface area contributed by atoms with Gasteiger partial charge in [-0.2, -0.15) is 0 Å². The Balaban J connectivity index is 1.95. The van der Waals surface area contributed by atoms with Gasteiger partial charge in [0.2, 0.25) is 5.95 Å². The first-order valence-corrected chi connectivity index (χ1v) is 9.41. The summed E-state index contributed by atoms with van der Waals surface area (Å²) in [6.07, 6.45) is 2.60. The fourth-order valence-corrected chi connectivity index (χ4v) is 3.26. The number of aromatic nitrogens is 2. The molecule has 0 spiro atoms. The Morgan fingerprint density at radius 3 is 2.29 bits per heavy atom. The zero-order valence-corrected chi connectivity index (χ0v) is 15.4. The number of nitrogens with one attached hydrogen (secondary N) is 1. The predicted molar refractivity (Wildman–Crippen MR) is 101 cm³/mol. The normalized spacial score (nSPS) is 10.8. The average molecular weight is 400 g/mol. The molecule has 28 heavy (non-hydrogen) atoms. The molecule has 0 unspecified atom stereocenters. The molecule has 0 fully saturated rings. The van der Waals surface area contributed by atoms with Crippen molar-refractivity contribution in [1.29, 1.82) is 0 Å². The summed E-state index contributed by atoms with van der Waals surface area (Å²) in [5.41, 5.74) is 5.52. The lowest BCUT2D eigenvalue weighted by molar-refractivity contribution is 0.578. The van der Waals surface area contributed by atoms with Crippen molar-refractivity contribution in [3.63, 3.8) is 0 Å². The van der Waals surface area contributed by atoms with Gasteiger partial charge in [0.25, 0.3) is 10.0 Å². The van der Waals surface area contributed by atoms with Gasteiger partial charge in [0, 0.05) is 12.4 Å². The molecule has 0 aliphatic rings. The third kappa shape index (κ3) is 4.24. The van der Waals surface area contributed by atoms with Crippen LogP contribution in [0.2, 0.25) is 0 Å². The molecule has 0 saturated carbocycles. The van der Waals surface area contributed by atoms with E-state index in [9.17, 15) is 17.2 Å². The van der Waals surface area contributed by atoms with Crippen LogP contribution in [0.4, 0.5) is 20.4 Å². The van der Waals surface area contributed by atoms with E-state index in [1.165, 1.54) is 24.5 Å². The molecule has 0 aliphatic carbocycles. The predicted octanol–water partition coefficient (Wildman–Crippen LogP) is 2.85. The van der Waals surface area contributed by atoms with Crippen molar-refractivity contribution in [3.05, 3.63) is 77.1 Å². The first-order valence-electron chi connectivity index (χ1n) is 7.93. The second-order valence-corrected chi connectivity index (χ2v) is 7.46. The van der Waals surface area contributed by atoms with Crippen LogP contribution in [0.25, 0.3) is 0 Å². The van der Waals surface area contributed by atoms with Crippen LogP contribution in [-0.4, -0.2) is 18.4 Å². The van der Waals surface area contributed by atoms with E-state index in [2.05, 4.69) is 26.5 Å². The van der Waals surface area contributed by atoms with E-state index in [1.54, 1.807) is 19.1 Å². The van der Waals surface area contributed by atoms with Crippen LogP contribution in [0.15, 0.2) is 53.7 Å². The van der Waals surface area contributed by atoms with Crippen molar-refractivity contribution in [2.75, 3.05) is 10.5 Å². The molecule has 0 bridgehead atoms. The Bertz CT molecular complexity index is 1180. The second kappa shape index (κ2) is 7.62. The summed E-state index contributed by atoms with van der Waals surface area (Å²) in [5.74, 6) is 2.83. The Morgan fingerprint density at radius 1 is 1.00 bits per heavy atom. The van der Waals surface area contributed by atoms with E-state index in [1.807, 2.05) is 0 Å². The smallest absolute Gasteiger partial charge is 0.261 e. The van der Waals surface area contributed by atoms with E-state index in [4.69, 9.17) is 5.73 Å². The summed E-state index contributed by atoms with van der Waals surface area (Å²) in [5, 5.41) is 0. The van der Waals surface area contributed by atoms with Crippen LogP contribution in [0.5, 0.6) is 0 Å². The number of rotatable bonds is 3. The van der Waals surface area contributed by atoms with Gasteiger partial charge in [0.05, 0.1) is 21.7 Å². The van der Waals surface area contributed by atoms with Gasteiger partial charge in [0.15, 0.2) is 5.82 Å². The first-order chi connectivity index (χ1) is 13.3. The van der Waals surface area contributed by atoms with Crippen molar-refractivity contribution in [2.24, 2.45) is 0 Å². The van der Waals surface area contributed by atoms with Crippen LogP contribution >= 0.6 is 0 Å². The molecule has 3 rings (SSSR count). The number of aryl methyl sites for hydroxylation is 1. The highest BCUT2D eigenvalue weighted by molar-refractivity contribution is 7.92. The molecule has 1 aromatic heterocycles. The summed E-state index contributed by atoms with van der Waals surface area (Å²) in [6, 6.07) is 7.93. The fourth-order valence-electron chi connectivity index (χ4n) is 2.20. The minimum Gasteiger partial charge on any atom is -0.368 e. The molecule has 0 atom stereocenters. The highest BCUT2D eigenvalue weighted by atomic mass is 32.2. The van der Waals surface area contributed by atoms with E-state index < -0.39 is 32.9 Å². The van der Waals surface area contributed by atoms with Crippen molar-refractivity contribution < 1.29 is 17.2 Å². The first kappa shape index (κ1) is 19.3. The molecule has 2 aromatic carbocycles. The molecule has 0 aliphatic heterocycles. The van der Waals surface area contributed by atoms with Crippen LogP contribution < -0.4 is 10.5 Å². The zero-order chi connectivity index (χ0) is 20.3. The van der Waals surface area contributed by atoms with Crippen LogP contribution in [0.3, 0.4) is 0 Å². The molecular formula is C19H14F2N4O2S. The van der Waals surface area contributed by atoms with Gasteiger partial charge in [-0.1, -0.05) is 29.5 Å². The minimum atomic E-state index is -4.05. The summed E-state index contributed by atoms with van der Waals surface area (Å²) in [4.78, 5) is 7.41. The van der Waals surface area contributed by atoms with E-state index in [0.717, 1.165) is 17.7 Å². The number of halogens is 2. The molecule has 9 heteroatoms. The molecule has 3 aromatic rings. The maximum atomic E-state index is 14.7. The van der Waals surface area contributed by atoms with Gasteiger partial charge in [-0.15, -0.1) is 0 Å². The zero-order valence-electron chi connectivity index (χ0n) is 14.6. The van der Waals surface area contributed by atoms with E-state index >= 15 is 0 Å². The van der Waals surface area contributed by atoms with Gasteiger partial charge in [-0.05, 0) is 31.2 Å². The lowest BCUT2D eigenvalue weighted by Crippen LogP contribution is -2.14. The lowest BCUT2D eigenvalue weighted by atomic mass is 10.1. The van der Waals surface area contributed by atoms with Crippen LogP contribution in [0.1, 0.15) is 16.7 Å². The van der Waals surface area contributed by atoms with Gasteiger partial charge in [-0.25, -0.2) is 27.2 Å². The lowest BCUT2D eigenvalue weighted by Gasteiger charge is -2.10. The number of nitrogens with zero attached hydrogens (tertiary/aromatic N) is 2. The van der Waals surface area contributed by atoms with E-state index in [-0.39, 0.29) is 10.8 Å². The maximum Gasteiger partial charge on any atom is 0.261 e. The highest BCUT2D eigenvalue weighted by Gasteiger charge is 2.19. The average Bonchev–Trinajstić information content (AvgIpc) is 2.66. The summed E-state index contributed by atoms with van der Waals surface area (Å²) in [6.45, 7) is 1.81. The van der Waals surface area contributed by atoms with Crippen LogP contribution in [-0.2, 0) is 10.0 Å². The number of anilines is 2. The van der Waals surface area contributed by atoms with Gasteiger partial charge in [-0.3, -0.25) is 4.72 Å². The highest BCUT2D eigenvalue weighted by Crippen LogP contribution is 2.24. The number of hydrogen-bond donors (Lipinski definition) is 2. The third-order valence-electron chi connectivity index (χ3n) is 3.67. The quantitative estimate of drug-likeness (QED) is 0.659.